The maximum atomic E-state index is 10.3. The van der Waals surface area contributed by atoms with Gasteiger partial charge in [-0.05, 0) is 73.0 Å². The highest BCUT2D eigenvalue weighted by molar-refractivity contribution is 6.30. The number of aliphatic hydroxyl groups is 1. The third-order valence-electron chi connectivity index (χ3n) is 4.88. The minimum atomic E-state index is 0.270. The van der Waals surface area contributed by atoms with E-state index in [1.807, 2.05) is 84.9 Å². The van der Waals surface area contributed by atoms with E-state index in [1.54, 1.807) is 0 Å². The van der Waals surface area contributed by atoms with Crippen LogP contribution in [0, 0.1) is 0 Å². The topological polar surface area (TPSA) is 42.4 Å². The summed E-state index contributed by atoms with van der Waals surface area (Å²) in [7, 11) is 0. The molecular formula is C26H22ClNO2. The first-order chi connectivity index (χ1) is 14.7. The quantitative estimate of drug-likeness (QED) is 0.330. The number of hydrogen-bond donors (Lipinski definition) is 1. The number of aliphatic hydroxyl groups excluding tert-OH is 1. The molecule has 150 valence electrons. The zero-order chi connectivity index (χ0) is 20.8. The molecule has 1 heterocycles. The van der Waals surface area contributed by atoms with Gasteiger partial charge in [-0.3, -0.25) is 0 Å². The number of hydrogen-bond acceptors (Lipinski definition) is 3. The number of aryl methyl sites for hydroxylation is 1. The van der Waals surface area contributed by atoms with Gasteiger partial charge in [-0.2, -0.15) is 0 Å². The highest BCUT2D eigenvalue weighted by atomic mass is 35.5. The summed E-state index contributed by atoms with van der Waals surface area (Å²) in [6.45, 7) is 0.396. The minimum Gasteiger partial charge on any atom is -0.508 e. The lowest BCUT2D eigenvalue weighted by Crippen LogP contribution is -1.98. The maximum absolute atomic E-state index is 10.3. The lowest BCUT2D eigenvalue weighted by Gasteiger charge is -2.08. The molecule has 4 heteroatoms. The third-order valence-corrected chi connectivity index (χ3v) is 5.13. The molecule has 0 aliphatic heterocycles. The summed E-state index contributed by atoms with van der Waals surface area (Å²) in [5.41, 5.74) is 3.79. The van der Waals surface area contributed by atoms with E-state index in [0.29, 0.717) is 6.61 Å². The first-order valence-electron chi connectivity index (χ1n) is 9.89. The molecule has 0 spiro atoms. The number of benzene rings is 3. The molecule has 1 aromatic heterocycles. The van der Waals surface area contributed by atoms with Crippen LogP contribution in [0.25, 0.3) is 16.7 Å². The lowest BCUT2D eigenvalue weighted by molar-refractivity contribution is 0.302. The van der Waals surface area contributed by atoms with Gasteiger partial charge < -0.3 is 9.84 Å². The third kappa shape index (κ3) is 5.19. The van der Waals surface area contributed by atoms with Crippen molar-refractivity contribution in [3.63, 3.8) is 0 Å². The molecule has 4 aromatic rings. The van der Waals surface area contributed by atoms with Crippen molar-refractivity contribution in [1.82, 2.24) is 4.98 Å². The van der Waals surface area contributed by atoms with Crippen LogP contribution >= 0.6 is 11.6 Å². The van der Waals surface area contributed by atoms with Gasteiger partial charge in [0, 0.05) is 16.0 Å². The fourth-order valence-electron chi connectivity index (χ4n) is 3.21. The van der Waals surface area contributed by atoms with Crippen molar-refractivity contribution in [3.8, 4) is 5.75 Å². The maximum Gasteiger partial charge on any atom is 0.130 e. The highest BCUT2D eigenvalue weighted by Gasteiger charge is 2.03. The molecule has 0 atom stereocenters. The van der Waals surface area contributed by atoms with Crippen molar-refractivity contribution in [1.29, 1.82) is 0 Å². The van der Waals surface area contributed by atoms with Gasteiger partial charge in [0.05, 0.1) is 11.2 Å². The number of allylic oxidation sites excluding steroid dienone is 1. The van der Waals surface area contributed by atoms with Crippen LogP contribution in [0.4, 0.5) is 0 Å². The zero-order valence-electron chi connectivity index (χ0n) is 16.5. The Labute approximate surface area is 181 Å². The van der Waals surface area contributed by atoms with E-state index in [0.717, 1.165) is 45.8 Å². The highest BCUT2D eigenvalue weighted by Crippen LogP contribution is 2.20. The molecule has 0 aliphatic carbocycles. The van der Waals surface area contributed by atoms with E-state index in [9.17, 15) is 5.11 Å². The average Bonchev–Trinajstić information content (AvgIpc) is 2.79. The van der Waals surface area contributed by atoms with E-state index in [4.69, 9.17) is 16.3 Å². The molecule has 0 bridgehead atoms. The molecule has 0 saturated heterocycles. The molecule has 3 aromatic carbocycles. The predicted octanol–water partition coefficient (Wildman–Crippen LogP) is 7.00. The van der Waals surface area contributed by atoms with E-state index in [-0.39, 0.29) is 5.76 Å². The van der Waals surface area contributed by atoms with Gasteiger partial charge in [0.25, 0.3) is 0 Å². The summed E-state index contributed by atoms with van der Waals surface area (Å²) in [6.07, 6.45) is 3.43. The Morgan fingerprint density at radius 3 is 2.47 bits per heavy atom. The number of rotatable bonds is 7. The first-order valence-corrected chi connectivity index (χ1v) is 10.3. The van der Waals surface area contributed by atoms with Crippen LogP contribution in [0.1, 0.15) is 23.2 Å². The Hall–Kier alpha value is -3.30. The van der Waals surface area contributed by atoms with Crippen LogP contribution in [0.3, 0.4) is 0 Å². The number of halogens is 1. The van der Waals surface area contributed by atoms with Crippen molar-refractivity contribution in [2.45, 2.75) is 19.4 Å². The van der Waals surface area contributed by atoms with Crippen LogP contribution in [-0.2, 0) is 13.0 Å². The standard InChI is InChI=1S/C26H22ClNO2/c27-22-13-8-19(9-14-22)4-3-7-26(29)21-11-16-24(17-12-21)30-18-23-15-10-20-5-1-2-6-25(20)28-23/h1-2,5-17,29H,3-4,18H2/b26-7+. The molecule has 4 rings (SSSR count). The van der Waals surface area contributed by atoms with Gasteiger partial charge in [-0.1, -0.05) is 48.0 Å². The summed E-state index contributed by atoms with van der Waals surface area (Å²) < 4.78 is 5.85. The second-order valence-electron chi connectivity index (χ2n) is 7.06. The van der Waals surface area contributed by atoms with Gasteiger partial charge >= 0.3 is 0 Å². The van der Waals surface area contributed by atoms with Crippen LogP contribution in [-0.4, -0.2) is 10.1 Å². The largest absolute Gasteiger partial charge is 0.508 e. The molecule has 0 radical (unpaired) electrons. The fraction of sp³-hybridized carbons (Fsp3) is 0.115. The Morgan fingerprint density at radius 2 is 1.67 bits per heavy atom. The number of para-hydroxylation sites is 1. The summed E-state index contributed by atoms with van der Waals surface area (Å²) in [6, 6.07) is 27.3. The average molecular weight is 416 g/mol. The number of ether oxygens (including phenoxy) is 1. The van der Waals surface area contributed by atoms with Crippen LogP contribution in [0.2, 0.25) is 5.02 Å². The van der Waals surface area contributed by atoms with E-state index in [1.165, 1.54) is 5.56 Å². The Bertz CT molecular complexity index is 1150. The Balaban J connectivity index is 1.32. The van der Waals surface area contributed by atoms with E-state index >= 15 is 0 Å². The zero-order valence-corrected chi connectivity index (χ0v) is 17.2. The molecule has 3 nitrogen and oxygen atoms in total. The van der Waals surface area contributed by atoms with Crippen LogP contribution in [0.5, 0.6) is 5.75 Å². The monoisotopic (exact) mass is 415 g/mol. The smallest absolute Gasteiger partial charge is 0.130 e. The molecule has 0 aliphatic rings. The second-order valence-corrected chi connectivity index (χ2v) is 7.50. The molecule has 0 amide bonds. The minimum absolute atomic E-state index is 0.270. The predicted molar refractivity (Wildman–Crippen MR) is 123 cm³/mol. The fourth-order valence-corrected chi connectivity index (χ4v) is 3.34. The number of pyridine rings is 1. The van der Waals surface area contributed by atoms with Crippen LogP contribution in [0.15, 0.2) is 91.0 Å². The molecule has 1 N–H and O–H groups in total. The van der Waals surface area contributed by atoms with Gasteiger partial charge in [0.15, 0.2) is 0 Å². The number of aromatic nitrogens is 1. The number of fused-ring (bicyclic) bond motifs is 1. The van der Waals surface area contributed by atoms with Gasteiger partial charge in [-0.25, -0.2) is 4.98 Å². The molecule has 0 unspecified atom stereocenters. The van der Waals surface area contributed by atoms with Crippen molar-refractivity contribution >= 4 is 28.3 Å². The summed E-state index contributed by atoms with van der Waals surface area (Å²) in [5, 5.41) is 12.2. The summed E-state index contributed by atoms with van der Waals surface area (Å²) in [4.78, 5) is 4.62. The van der Waals surface area contributed by atoms with Gasteiger partial charge in [-0.15, -0.1) is 0 Å². The molecule has 0 saturated carbocycles. The van der Waals surface area contributed by atoms with Gasteiger partial charge in [0.1, 0.15) is 18.1 Å². The van der Waals surface area contributed by atoms with E-state index in [2.05, 4.69) is 11.1 Å². The molecular weight excluding hydrogens is 394 g/mol. The van der Waals surface area contributed by atoms with Gasteiger partial charge in [0.2, 0.25) is 0 Å². The summed E-state index contributed by atoms with van der Waals surface area (Å²) >= 11 is 5.90. The second kappa shape index (κ2) is 9.47. The van der Waals surface area contributed by atoms with Crippen LogP contribution < -0.4 is 4.74 Å². The molecule has 30 heavy (non-hydrogen) atoms. The normalized spacial score (nSPS) is 11.6. The van der Waals surface area contributed by atoms with Crippen molar-refractivity contribution < 1.29 is 9.84 Å². The first kappa shape index (κ1) is 20.0. The SMILES string of the molecule is O/C(=C/CCc1ccc(Cl)cc1)c1ccc(OCc2ccc3ccccc3n2)cc1. The van der Waals surface area contributed by atoms with E-state index < -0.39 is 0 Å². The Kier molecular flexibility index (Phi) is 6.31. The molecule has 0 fully saturated rings. The lowest BCUT2D eigenvalue weighted by atomic mass is 10.1. The number of nitrogens with zero attached hydrogens (tertiary/aromatic N) is 1. The van der Waals surface area contributed by atoms with Crippen molar-refractivity contribution in [3.05, 3.63) is 113 Å². The van der Waals surface area contributed by atoms with Crippen molar-refractivity contribution in [2.75, 3.05) is 0 Å². The summed E-state index contributed by atoms with van der Waals surface area (Å²) in [5.74, 6) is 1.01. The Morgan fingerprint density at radius 1 is 0.900 bits per heavy atom. The van der Waals surface area contributed by atoms with Crippen molar-refractivity contribution in [2.24, 2.45) is 0 Å².